The summed E-state index contributed by atoms with van der Waals surface area (Å²) in [6.07, 6.45) is 0.870. The quantitative estimate of drug-likeness (QED) is 0.774. The zero-order valence-corrected chi connectivity index (χ0v) is 12.6. The van der Waals surface area contributed by atoms with Gasteiger partial charge in [0.25, 0.3) is 0 Å². The number of aromatic carboxylic acids is 1. The zero-order valence-electron chi connectivity index (χ0n) is 12.6. The standard InChI is InChI=1S/C19H17NO2/c1-3-13-9-10-16-15(11-13)17(19(21)22)12(2)18(20-16)14-7-5-4-6-8-14/h4-11H,3H2,1-2H3,(H,21,22). The third-order valence-electron chi connectivity index (χ3n) is 3.96. The van der Waals surface area contributed by atoms with Crippen LogP contribution in [0, 0.1) is 6.92 Å². The SMILES string of the molecule is CCc1ccc2nc(-c3ccccc3)c(C)c(C(=O)O)c2c1. The van der Waals surface area contributed by atoms with Crippen molar-refractivity contribution in [2.45, 2.75) is 20.3 Å². The predicted molar refractivity (Wildman–Crippen MR) is 88.3 cm³/mol. The first-order chi connectivity index (χ1) is 10.6. The molecule has 2 aromatic carbocycles. The Morgan fingerprint density at radius 1 is 1.14 bits per heavy atom. The van der Waals surface area contributed by atoms with Crippen molar-refractivity contribution in [2.24, 2.45) is 0 Å². The van der Waals surface area contributed by atoms with E-state index in [0.29, 0.717) is 16.5 Å². The van der Waals surface area contributed by atoms with Crippen molar-refractivity contribution in [1.29, 1.82) is 0 Å². The van der Waals surface area contributed by atoms with Crippen LogP contribution in [0.25, 0.3) is 22.2 Å². The Labute approximate surface area is 129 Å². The second kappa shape index (κ2) is 5.60. The number of carboxylic acids is 1. The highest BCUT2D eigenvalue weighted by atomic mass is 16.4. The Morgan fingerprint density at radius 3 is 2.50 bits per heavy atom. The Bertz CT molecular complexity index is 854. The van der Waals surface area contributed by atoms with Gasteiger partial charge in [-0.15, -0.1) is 0 Å². The molecule has 0 aliphatic rings. The lowest BCUT2D eigenvalue weighted by Gasteiger charge is -2.13. The van der Waals surface area contributed by atoms with Gasteiger partial charge < -0.3 is 5.11 Å². The number of pyridine rings is 1. The van der Waals surface area contributed by atoms with Crippen molar-refractivity contribution in [3.05, 3.63) is 65.2 Å². The first-order valence-corrected chi connectivity index (χ1v) is 7.33. The highest BCUT2D eigenvalue weighted by molar-refractivity contribution is 6.05. The molecule has 0 fully saturated rings. The third-order valence-corrected chi connectivity index (χ3v) is 3.96. The van der Waals surface area contributed by atoms with Crippen LogP contribution in [0.2, 0.25) is 0 Å². The maximum absolute atomic E-state index is 11.8. The molecular formula is C19H17NO2. The summed E-state index contributed by atoms with van der Waals surface area (Å²) in [4.78, 5) is 16.5. The average molecular weight is 291 g/mol. The van der Waals surface area contributed by atoms with Gasteiger partial charge in [0.1, 0.15) is 0 Å². The molecule has 3 aromatic rings. The Kier molecular flexibility index (Phi) is 3.63. The van der Waals surface area contributed by atoms with Gasteiger partial charge in [-0.25, -0.2) is 9.78 Å². The van der Waals surface area contributed by atoms with E-state index in [1.807, 2.05) is 55.5 Å². The van der Waals surface area contributed by atoms with Gasteiger partial charge in [0.2, 0.25) is 0 Å². The minimum atomic E-state index is -0.907. The van der Waals surface area contributed by atoms with Crippen LogP contribution >= 0.6 is 0 Å². The molecule has 1 N–H and O–H groups in total. The number of carboxylic acid groups (broad SMARTS) is 1. The van der Waals surface area contributed by atoms with E-state index in [1.54, 1.807) is 0 Å². The molecule has 3 heteroatoms. The number of hydrogen-bond donors (Lipinski definition) is 1. The monoisotopic (exact) mass is 291 g/mol. The summed E-state index contributed by atoms with van der Waals surface area (Å²) in [5, 5.41) is 10.4. The Balaban J connectivity index is 2.38. The van der Waals surface area contributed by atoms with Crippen LogP contribution in [0.3, 0.4) is 0 Å². The topological polar surface area (TPSA) is 50.2 Å². The van der Waals surface area contributed by atoms with Crippen LogP contribution in [-0.4, -0.2) is 16.1 Å². The normalized spacial score (nSPS) is 10.8. The molecule has 0 saturated carbocycles. The van der Waals surface area contributed by atoms with Gasteiger partial charge in [-0.3, -0.25) is 0 Å². The summed E-state index contributed by atoms with van der Waals surface area (Å²) >= 11 is 0. The van der Waals surface area contributed by atoms with E-state index >= 15 is 0 Å². The molecule has 0 aliphatic heterocycles. The highest BCUT2D eigenvalue weighted by Gasteiger charge is 2.18. The van der Waals surface area contributed by atoms with Gasteiger partial charge in [0.15, 0.2) is 0 Å². The maximum Gasteiger partial charge on any atom is 0.336 e. The van der Waals surface area contributed by atoms with Crippen LogP contribution in [0.4, 0.5) is 0 Å². The molecule has 3 rings (SSSR count). The minimum Gasteiger partial charge on any atom is -0.478 e. The minimum absolute atomic E-state index is 0.346. The lowest BCUT2D eigenvalue weighted by molar-refractivity contribution is 0.0698. The molecule has 0 atom stereocenters. The van der Waals surface area contributed by atoms with E-state index in [0.717, 1.165) is 28.8 Å². The third kappa shape index (κ3) is 2.35. The fourth-order valence-electron chi connectivity index (χ4n) is 2.78. The van der Waals surface area contributed by atoms with E-state index < -0.39 is 5.97 Å². The number of fused-ring (bicyclic) bond motifs is 1. The number of nitrogens with zero attached hydrogens (tertiary/aromatic N) is 1. The van der Waals surface area contributed by atoms with E-state index in [-0.39, 0.29) is 0 Å². The molecule has 3 nitrogen and oxygen atoms in total. The molecule has 110 valence electrons. The summed E-state index contributed by atoms with van der Waals surface area (Å²) in [5.41, 5.74) is 4.56. The van der Waals surface area contributed by atoms with Crippen molar-refractivity contribution in [1.82, 2.24) is 4.98 Å². The van der Waals surface area contributed by atoms with Crippen LogP contribution in [0.15, 0.2) is 48.5 Å². The van der Waals surface area contributed by atoms with Crippen LogP contribution < -0.4 is 0 Å². The number of benzene rings is 2. The number of carbonyl (C=O) groups is 1. The lowest BCUT2D eigenvalue weighted by Crippen LogP contribution is -2.05. The molecule has 22 heavy (non-hydrogen) atoms. The van der Waals surface area contributed by atoms with E-state index in [9.17, 15) is 9.90 Å². The van der Waals surface area contributed by atoms with E-state index in [4.69, 9.17) is 4.98 Å². The maximum atomic E-state index is 11.8. The Hall–Kier alpha value is -2.68. The Morgan fingerprint density at radius 2 is 1.86 bits per heavy atom. The van der Waals surface area contributed by atoms with E-state index in [1.165, 1.54) is 0 Å². The van der Waals surface area contributed by atoms with Crippen molar-refractivity contribution in [3.8, 4) is 11.3 Å². The van der Waals surface area contributed by atoms with Crippen molar-refractivity contribution in [3.63, 3.8) is 0 Å². The molecule has 0 aliphatic carbocycles. The molecule has 1 aromatic heterocycles. The lowest BCUT2D eigenvalue weighted by atomic mass is 9.96. The number of hydrogen-bond acceptors (Lipinski definition) is 2. The number of aromatic nitrogens is 1. The number of rotatable bonds is 3. The fraction of sp³-hybridized carbons (Fsp3) is 0.158. The van der Waals surface area contributed by atoms with Gasteiger partial charge in [0, 0.05) is 10.9 Å². The van der Waals surface area contributed by atoms with Crippen molar-refractivity contribution in [2.75, 3.05) is 0 Å². The van der Waals surface area contributed by atoms with Gasteiger partial charge in [-0.05, 0) is 36.6 Å². The van der Waals surface area contributed by atoms with Gasteiger partial charge in [0.05, 0.1) is 16.8 Å². The van der Waals surface area contributed by atoms with Gasteiger partial charge in [-0.2, -0.15) is 0 Å². The summed E-state index contributed by atoms with van der Waals surface area (Å²) in [7, 11) is 0. The molecule has 0 saturated heterocycles. The van der Waals surface area contributed by atoms with Crippen LogP contribution in [-0.2, 0) is 6.42 Å². The second-order valence-corrected chi connectivity index (χ2v) is 5.34. The molecule has 0 unspecified atom stereocenters. The van der Waals surface area contributed by atoms with Crippen molar-refractivity contribution < 1.29 is 9.90 Å². The first kappa shape index (κ1) is 14.3. The van der Waals surface area contributed by atoms with Crippen LogP contribution in [0.5, 0.6) is 0 Å². The van der Waals surface area contributed by atoms with E-state index in [2.05, 4.69) is 6.92 Å². The van der Waals surface area contributed by atoms with Gasteiger partial charge in [-0.1, -0.05) is 43.3 Å². The number of aryl methyl sites for hydroxylation is 1. The average Bonchev–Trinajstić information content (AvgIpc) is 2.54. The largest absolute Gasteiger partial charge is 0.478 e. The molecule has 0 spiro atoms. The van der Waals surface area contributed by atoms with Gasteiger partial charge >= 0.3 is 5.97 Å². The smallest absolute Gasteiger partial charge is 0.336 e. The van der Waals surface area contributed by atoms with Crippen LogP contribution in [0.1, 0.15) is 28.4 Å². The first-order valence-electron chi connectivity index (χ1n) is 7.33. The second-order valence-electron chi connectivity index (χ2n) is 5.34. The molecule has 0 amide bonds. The molecule has 1 heterocycles. The summed E-state index contributed by atoms with van der Waals surface area (Å²) in [6.45, 7) is 3.89. The van der Waals surface area contributed by atoms with Crippen molar-refractivity contribution >= 4 is 16.9 Å². The molecular weight excluding hydrogens is 274 g/mol. The molecule has 0 bridgehead atoms. The highest BCUT2D eigenvalue weighted by Crippen LogP contribution is 2.30. The molecule has 0 radical (unpaired) electrons. The fourth-order valence-corrected chi connectivity index (χ4v) is 2.78. The summed E-state index contributed by atoms with van der Waals surface area (Å²) in [6, 6.07) is 15.6. The predicted octanol–water partition coefficient (Wildman–Crippen LogP) is 4.47. The summed E-state index contributed by atoms with van der Waals surface area (Å²) < 4.78 is 0. The zero-order chi connectivity index (χ0) is 15.7. The summed E-state index contributed by atoms with van der Waals surface area (Å²) in [5.74, 6) is -0.907.